The molecule has 38 heavy (non-hydrogen) atoms. The van der Waals surface area contributed by atoms with Crippen LogP contribution in [0.4, 0.5) is 5.13 Å². The number of phenolic OH excluding ortho intramolecular Hbond substituents is 1. The summed E-state index contributed by atoms with van der Waals surface area (Å²) < 4.78 is 17.5. The van der Waals surface area contributed by atoms with Crippen molar-refractivity contribution in [3.63, 3.8) is 0 Å². The molecule has 3 heterocycles. The molecule has 0 aliphatic carbocycles. The number of amides is 1. The van der Waals surface area contributed by atoms with E-state index in [9.17, 15) is 19.8 Å². The first-order chi connectivity index (χ1) is 18.4. The molecule has 4 aromatic rings. The normalized spacial score (nSPS) is 18.2. The van der Waals surface area contributed by atoms with Crippen molar-refractivity contribution in [1.29, 1.82) is 0 Å². The molecule has 1 atom stereocenters. The fourth-order valence-corrected chi connectivity index (χ4v) is 5.66. The van der Waals surface area contributed by atoms with Gasteiger partial charge in [0.1, 0.15) is 30.5 Å². The van der Waals surface area contributed by atoms with Gasteiger partial charge in [-0.2, -0.15) is 0 Å². The molecular formula is C28H22N2O7S. The van der Waals surface area contributed by atoms with E-state index in [0.717, 1.165) is 4.70 Å². The summed E-state index contributed by atoms with van der Waals surface area (Å²) in [5.41, 5.74) is 1.25. The Morgan fingerprint density at radius 1 is 1.08 bits per heavy atom. The summed E-state index contributed by atoms with van der Waals surface area (Å²) in [6.07, 6.45) is 0. The number of ether oxygens (including phenoxy) is 3. The SMILES string of the molecule is CCOc1ccc2nc(N3C(=O)C(=O)C(=C(O)c4ccc5c(c4)OCCO5)C3c3cccc(O)c3)sc2c1. The van der Waals surface area contributed by atoms with Gasteiger partial charge >= 0.3 is 5.91 Å². The van der Waals surface area contributed by atoms with E-state index in [-0.39, 0.29) is 22.2 Å². The molecular weight excluding hydrogens is 508 g/mol. The van der Waals surface area contributed by atoms with Crippen molar-refractivity contribution in [2.45, 2.75) is 13.0 Å². The number of ketones is 1. The molecule has 0 spiro atoms. The molecule has 192 valence electrons. The molecule has 0 radical (unpaired) electrons. The lowest BCUT2D eigenvalue weighted by Gasteiger charge is -2.23. The van der Waals surface area contributed by atoms with E-state index in [0.29, 0.717) is 53.7 Å². The Labute approximate surface area is 221 Å². The average Bonchev–Trinajstić information content (AvgIpc) is 3.46. The van der Waals surface area contributed by atoms with Crippen LogP contribution in [0.15, 0.2) is 66.2 Å². The fraction of sp³-hybridized carbons (Fsp3) is 0.179. The highest BCUT2D eigenvalue weighted by atomic mass is 32.1. The van der Waals surface area contributed by atoms with E-state index in [2.05, 4.69) is 4.98 Å². The van der Waals surface area contributed by atoms with Gasteiger partial charge in [-0.3, -0.25) is 14.5 Å². The average molecular weight is 531 g/mol. The van der Waals surface area contributed by atoms with Gasteiger partial charge in [0, 0.05) is 5.56 Å². The second-order valence-corrected chi connectivity index (χ2v) is 9.69. The lowest BCUT2D eigenvalue weighted by molar-refractivity contribution is -0.132. The summed E-state index contributed by atoms with van der Waals surface area (Å²) in [6, 6.07) is 15.4. The Bertz CT molecular complexity index is 1630. The van der Waals surface area contributed by atoms with Crippen LogP contribution in [-0.4, -0.2) is 46.7 Å². The first kappa shape index (κ1) is 23.8. The maximum Gasteiger partial charge on any atom is 0.301 e. The Morgan fingerprint density at radius 2 is 1.89 bits per heavy atom. The lowest BCUT2D eigenvalue weighted by Crippen LogP contribution is -2.29. The summed E-state index contributed by atoms with van der Waals surface area (Å²) in [6.45, 7) is 3.16. The molecule has 1 fully saturated rings. The van der Waals surface area contributed by atoms with Crippen LogP contribution in [-0.2, 0) is 9.59 Å². The molecule has 1 unspecified atom stereocenters. The van der Waals surface area contributed by atoms with Gasteiger partial charge in [0.05, 0.1) is 28.4 Å². The van der Waals surface area contributed by atoms with Crippen LogP contribution >= 0.6 is 11.3 Å². The summed E-state index contributed by atoms with van der Waals surface area (Å²) >= 11 is 1.23. The van der Waals surface area contributed by atoms with E-state index in [1.54, 1.807) is 42.5 Å². The third-order valence-corrected chi connectivity index (χ3v) is 7.33. The number of hydrogen-bond donors (Lipinski definition) is 2. The summed E-state index contributed by atoms with van der Waals surface area (Å²) in [5, 5.41) is 21.9. The van der Waals surface area contributed by atoms with Gasteiger partial charge in [0.25, 0.3) is 5.78 Å². The minimum atomic E-state index is -1.03. The molecule has 3 aromatic carbocycles. The van der Waals surface area contributed by atoms with Crippen LogP contribution in [0.3, 0.4) is 0 Å². The quantitative estimate of drug-likeness (QED) is 0.215. The number of carbonyl (C=O) groups is 2. The first-order valence-corrected chi connectivity index (χ1v) is 12.8. The number of Topliss-reactive ketones (excluding diaryl/α,β-unsaturated/α-hetero) is 1. The standard InChI is InChI=1S/C28H22N2O7S/c1-2-35-18-7-8-19-22(14-18)38-28(29-19)30-24(15-4-3-5-17(31)12-15)23(26(33)27(30)34)25(32)16-6-9-20-21(13-16)37-11-10-36-20/h3-9,12-14,24,31-32H,2,10-11H2,1H3. The van der Waals surface area contributed by atoms with Crippen LogP contribution in [0.5, 0.6) is 23.0 Å². The minimum Gasteiger partial charge on any atom is -0.508 e. The van der Waals surface area contributed by atoms with E-state index < -0.39 is 17.7 Å². The number of anilines is 1. The molecule has 6 rings (SSSR count). The second-order valence-electron chi connectivity index (χ2n) is 8.68. The third kappa shape index (κ3) is 3.99. The number of aliphatic hydroxyl groups excluding tert-OH is 1. The maximum atomic E-state index is 13.5. The van der Waals surface area contributed by atoms with E-state index in [1.807, 2.05) is 13.0 Å². The van der Waals surface area contributed by atoms with Gasteiger partial charge < -0.3 is 24.4 Å². The zero-order valence-corrected chi connectivity index (χ0v) is 21.0. The van der Waals surface area contributed by atoms with Crippen LogP contribution < -0.4 is 19.1 Å². The van der Waals surface area contributed by atoms with Gasteiger partial charge in [-0.25, -0.2) is 4.98 Å². The predicted octanol–water partition coefficient (Wildman–Crippen LogP) is 4.80. The van der Waals surface area contributed by atoms with Crippen LogP contribution in [0.2, 0.25) is 0 Å². The highest BCUT2D eigenvalue weighted by Gasteiger charge is 2.48. The predicted molar refractivity (Wildman–Crippen MR) is 141 cm³/mol. The largest absolute Gasteiger partial charge is 0.508 e. The van der Waals surface area contributed by atoms with Crippen molar-refractivity contribution in [3.05, 3.63) is 77.4 Å². The molecule has 0 saturated carbocycles. The molecule has 2 aliphatic rings. The zero-order valence-electron chi connectivity index (χ0n) is 20.2. The number of nitrogens with zero attached hydrogens (tertiary/aromatic N) is 2. The Morgan fingerprint density at radius 3 is 2.68 bits per heavy atom. The van der Waals surface area contributed by atoms with E-state index in [4.69, 9.17) is 14.2 Å². The molecule has 0 bridgehead atoms. The van der Waals surface area contributed by atoms with Crippen molar-refractivity contribution < 1.29 is 34.0 Å². The van der Waals surface area contributed by atoms with Crippen molar-refractivity contribution in [2.24, 2.45) is 0 Å². The second kappa shape index (κ2) is 9.38. The number of thiazole rings is 1. The molecule has 1 amide bonds. The molecule has 9 nitrogen and oxygen atoms in total. The molecule has 2 N–H and O–H groups in total. The summed E-state index contributed by atoms with van der Waals surface area (Å²) in [4.78, 5) is 32.8. The molecule has 10 heteroatoms. The Kier molecular flexibility index (Phi) is 5.88. The lowest BCUT2D eigenvalue weighted by atomic mass is 9.95. The summed E-state index contributed by atoms with van der Waals surface area (Å²) in [5.74, 6) is -0.478. The Balaban J connectivity index is 1.51. The number of rotatable bonds is 5. The van der Waals surface area contributed by atoms with Crippen LogP contribution in [0.1, 0.15) is 24.1 Å². The van der Waals surface area contributed by atoms with E-state index >= 15 is 0 Å². The van der Waals surface area contributed by atoms with Gasteiger partial charge in [0.15, 0.2) is 16.6 Å². The number of aromatic nitrogens is 1. The van der Waals surface area contributed by atoms with Crippen molar-refractivity contribution in [1.82, 2.24) is 4.98 Å². The third-order valence-electron chi connectivity index (χ3n) is 6.31. The van der Waals surface area contributed by atoms with Gasteiger partial charge in [0.2, 0.25) is 0 Å². The van der Waals surface area contributed by atoms with Crippen LogP contribution in [0, 0.1) is 0 Å². The van der Waals surface area contributed by atoms with Crippen molar-refractivity contribution in [3.8, 4) is 23.0 Å². The van der Waals surface area contributed by atoms with Crippen molar-refractivity contribution in [2.75, 3.05) is 24.7 Å². The number of aliphatic hydroxyl groups is 1. The molecule has 2 aliphatic heterocycles. The monoisotopic (exact) mass is 530 g/mol. The Hall–Kier alpha value is -4.57. The zero-order chi connectivity index (χ0) is 26.4. The molecule has 1 saturated heterocycles. The summed E-state index contributed by atoms with van der Waals surface area (Å²) in [7, 11) is 0. The maximum absolute atomic E-state index is 13.5. The number of fused-ring (bicyclic) bond motifs is 2. The highest BCUT2D eigenvalue weighted by Crippen LogP contribution is 2.45. The van der Waals surface area contributed by atoms with Gasteiger partial charge in [-0.05, 0) is 61.0 Å². The highest BCUT2D eigenvalue weighted by molar-refractivity contribution is 7.22. The minimum absolute atomic E-state index is 0.0435. The number of phenols is 1. The number of aromatic hydroxyl groups is 1. The first-order valence-electron chi connectivity index (χ1n) is 12.0. The molecule has 1 aromatic heterocycles. The topological polar surface area (TPSA) is 118 Å². The number of benzene rings is 3. The van der Waals surface area contributed by atoms with E-state index in [1.165, 1.54) is 28.4 Å². The van der Waals surface area contributed by atoms with Crippen molar-refractivity contribution >= 4 is 44.1 Å². The number of hydrogen-bond acceptors (Lipinski definition) is 9. The fourth-order valence-electron chi connectivity index (χ4n) is 4.64. The smallest absolute Gasteiger partial charge is 0.301 e. The van der Waals surface area contributed by atoms with Gasteiger partial charge in [-0.15, -0.1) is 0 Å². The van der Waals surface area contributed by atoms with Crippen LogP contribution in [0.25, 0.3) is 16.0 Å². The number of carbonyl (C=O) groups excluding carboxylic acids is 2. The van der Waals surface area contributed by atoms with Gasteiger partial charge in [-0.1, -0.05) is 23.5 Å².